The van der Waals surface area contributed by atoms with Crippen LogP contribution in [0.2, 0.25) is 0 Å². The highest BCUT2D eigenvalue weighted by molar-refractivity contribution is 5.89. The summed E-state index contributed by atoms with van der Waals surface area (Å²) in [6.45, 7) is 29.4. The number of hydrogen-bond donors (Lipinski definition) is 0. The summed E-state index contributed by atoms with van der Waals surface area (Å²) in [5.41, 5.74) is 24.3. The molecule has 6 unspecified atom stereocenters. The molecular formula is C87H122. The van der Waals surface area contributed by atoms with Gasteiger partial charge >= 0.3 is 0 Å². The lowest BCUT2D eigenvalue weighted by atomic mass is 9.64. The summed E-state index contributed by atoms with van der Waals surface area (Å²) in [6.07, 6.45) is 38.5. The highest BCUT2D eigenvalue weighted by atomic mass is 14.5. The zero-order chi connectivity index (χ0) is 61.6. The van der Waals surface area contributed by atoms with Crippen molar-refractivity contribution in [1.82, 2.24) is 0 Å². The molecule has 0 heteroatoms. The molecule has 3 aliphatic rings. The van der Waals surface area contributed by atoms with E-state index in [1.807, 2.05) is 0 Å². The topological polar surface area (TPSA) is 0 Å². The van der Waals surface area contributed by atoms with Gasteiger partial charge in [-0.05, 0) is 187 Å². The second-order valence-electron chi connectivity index (χ2n) is 29.1. The Hall–Kier alpha value is -4.68. The Kier molecular flexibility index (Phi) is 24.1. The van der Waals surface area contributed by atoms with E-state index in [0.717, 1.165) is 0 Å². The zero-order valence-corrected chi connectivity index (χ0v) is 57.7. The molecule has 6 aromatic carbocycles. The zero-order valence-electron chi connectivity index (χ0n) is 57.7. The minimum absolute atomic E-state index is 0.0126. The van der Waals surface area contributed by atoms with E-state index >= 15 is 0 Å². The van der Waals surface area contributed by atoms with Crippen molar-refractivity contribution in [2.24, 2.45) is 35.5 Å². The summed E-state index contributed by atoms with van der Waals surface area (Å²) < 4.78 is 0. The fourth-order valence-electron chi connectivity index (χ4n) is 18.3. The second-order valence-corrected chi connectivity index (χ2v) is 29.1. The van der Waals surface area contributed by atoms with Crippen molar-refractivity contribution in [2.45, 2.75) is 292 Å². The number of unbranched alkanes of at least 4 members (excludes halogenated alkanes) is 6. The largest absolute Gasteiger partial charge is 0.0654 e. The minimum Gasteiger partial charge on any atom is -0.0654 e. The summed E-state index contributed by atoms with van der Waals surface area (Å²) in [5.74, 6) is 4.17. The molecule has 9 rings (SSSR count). The summed E-state index contributed by atoms with van der Waals surface area (Å²) in [4.78, 5) is 0. The summed E-state index contributed by atoms with van der Waals surface area (Å²) in [6, 6.07) is 51.1. The van der Waals surface area contributed by atoms with Crippen molar-refractivity contribution in [3.8, 4) is 55.6 Å². The third-order valence-corrected chi connectivity index (χ3v) is 23.6. The molecule has 0 spiro atoms. The Morgan fingerprint density at radius 2 is 0.425 bits per heavy atom. The standard InChI is InChI=1S/C87H122/c1-13-25-35-63(19-7)57-85(58-64(20-8)36-26-14-2)79-43-33-31-41-73(79)75-49-45-69(53-81(75)85)71-47-51-77-78-52-48-72(56-84(78)87(83(77)55-71,61-67(23-11)39-29-17-5)62-68(24-12)40-30-18-6)70-46-50-76-74-42-32-34-44-80(74)86(82(76)54-70,59-65(21-9)37-27-15-3)60-66(22-10)38-28-16-4/h31-34,41-56,63-68H,13-30,35-40,57-62H2,1-12H3. The van der Waals surface area contributed by atoms with E-state index in [4.69, 9.17) is 0 Å². The first-order chi connectivity index (χ1) is 42.5. The predicted molar refractivity (Wildman–Crippen MR) is 384 cm³/mol. The molecule has 0 aromatic heterocycles. The normalized spacial score (nSPS) is 20.0. The van der Waals surface area contributed by atoms with Gasteiger partial charge < -0.3 is 0 Å². The van der Waals surface area contributed by atoms with E-state index in [0.29, 0.717) is 35.5 Å². The van der Waals surface area contributed by atoms with Crippen LogP contribution in [0.4, 0.5) is 0 Å². The van der Waals surface area contributed by atoms with Gasteiger partial charge in [-0.1, -0.05) is 334 Å². The van der Waals surface area contributed by atoms with Gasteiger partial charge in [0.15, 0.2) is 0 Å². The molecule has 0 saturated heterocycles. The van der Waals surface area contributed by atoms with Crippen molar-refractivity contribution < 1.29 is 0 Å². The predicted octanol–water partition coefficient (Wildman–Crippen LogP) is 27.5. The van der Waals surface area contributed by atoms with Gasteiger partial charge in [0.2, 0.25) is 0 Å². The van der Waals surface area contributed by atoms with Gasteiger partial charge in [0, 0.05) is 16.2 Å². The van der Waals surface area contributed by atoms with Crippen LogP contribution in [0, 0.1) is 35.5 Å². The first-order valence-electron chi connectivity index (χ1n) is 37.3. The van der Waals surface area contributed by atoms with E-state index in [1.54, 1.807) is 33.4 Å². The minimum atomic E-state index is -0.0878. The van der Waals surface area contributed by atoms with E-state index in [-0.39, 0.29) is 16.2 Å². The Bertz CT molecular complexity index is 2860. The molecule has 6 aromatic rings. The van der Waals surface area contributed by atoms with Gasteiger partial charge in [-0.25, -0.2) is 0 Å². The molecule has 0 radical (unpaired) electrons. The summed E-state index contributed by atoms with van der Waals surface area (Å²) in [5, 5.41) is 0. The number of benzene rings is 6. The summed E-state index contributed by atoms with van der Waals surface area (Å²) in [7, 11) is 0. The van der Waals surface area contributed by atoms with Gasteiger partial charge in [-0.3, -0.25) is 0 Å². The molecule has 0 saturated carbocycles. The quantitative estimate of drug-likeness (QED) is 0.0362. The van der Waals surface area contributed by atoms with E-state index in [1.165, 1.54) is 248 Å². The van der Waals surface area contributed by atoms with Crippen LogP contribution in [0.3, 0.4) is 0 Å². The molecule has 0 amide bonds. The maximum Gasteiger partial charge on any atom is 0.0220 e. The molecule has 0 aliphatic heterocycles. The molecule has 470 valence electrons. The van der Waals surface area contributed by atoms with Crippen LogP contribution in [0.15, 0.2) is 121 Å². The number of rotatable bonds is 38. The third kappa shape index (κ3) is 14.0. The van der Waals surface area contributed by atoms with Gasteiger partial charge in [0.05, 0.1) is 0 Å². The smallest absolute Gasteiger partial charge is 0.0220 e. The molecule has 0 bridgehead atoms. The lowest BCUT2D eigenvalue weighted by Crippen LogP contribution is -2.32. The maximum absolute atomic E-state index is 2.79. The average Bonchev–Trinajstić information content (AvgIpc) is 1.70. The Morgan fingerprint density at radius 3 is 0.632 bits per heavy atom. The van der Waals surface area contributed by atoms with E-state index in [9.17, 15) is 0 Å². The Balaban J connectivity index is 1.24. The lowest BCUT2D eigenvalue weighted by molar-refractivity contribution is 0.266. The first-order valence-corrected chi connectivity index (χ1v) is 37.3. The number of hydrogen-bond acceptors (Lipinski definition) is 0. The third-order valence-electron chi connectivity index (χ3n) is 23.6. The van der Waals surface area contributed by atoms with Crippen LogP contribution in [-0.4, -0.2) is 0 Å². The van der Waals surface area contributed by atoms with Crippen LogP contribution in [-0.2, 0) is 16.2 Å². The molecule has 0 heterocycles. The van der Waals surface area contributed by atoms with Crippen molar-refractivity contribution in [3.05, 3.63) is 155 Å². The first kappa shape index (κ1) is 66.7. The summed E-state index contributed by atoms with van der Waals surface area (Å²) >= 11 is 0. The molecule has 3 aliphatic carbocycles. The van der Waals surface area contributed by atoms with Crippen LogP contribution in [0.5, 0.6) is 0 Å². The SMILES string of the molecule is CCCCC(CC)CC1(CC(CC)CCCC)c2ccccc2-c2ccc(-c3ccc4c(c3)C(CC(CC)CCCC)(CC(CC)CCCC)c3cc(-c5ccc6c(c5)C(CC(CC)CCCC)(CC(CC)CCCC)c5ccccc5-6)ccc3-4)cc21. The van der Waals surface area contributed by atoms with Crippen molar-refractivity contribution in [3.63, 3.8) is 0 Å². The number of fused-ring (bicyclic) bond motifs is 9. The molecule has 0 N–H and O–H groups in total. The van der Waals surface area contributed by atoms with Gasteiger partial charge in [0.25, 0.3) is 0 Å². The van der Waals surface area contributed by atoms with Crippen LogP contribution >= 0.6 is 0 Å². The molecule has 0 fully saturated rings. The average molecular weight is 1170 g/mol. The van der Waals surface area contributed by atoms with Crippen LogP contribution < -0.4 is 0 Å². The van der Waals surface area contributed by atoms with Crippen LogP contribution in [0.1, 0.15) is 309 Å². The van der Waals surface area contributed by atoms with Crippen molar-refractivity contribution >= 4 is 0 Å². The van der Waals surface area contributed by atoms with E-state index in [2.05, 4.69) is 204 Å². The molecule has 0 nitrogen and oxygen atoms in total. The lowest BCUT2D eigenvalue weighted by Gasteiger charge is -2.39. The van der Waals surface area contributed by atoms with Crippen molar-refractivity contribution in [1.29, 1.82) is 0 Å². The Labute approximate surface area is 534 Å². The highest BCUT2D eigenvalue weighted by Gasteiger charge is 2.49. The van der Waals surface area contributed by atoms with Gasteiger partial charge in [-0.2, -0.15) is 0 Å². The van der Waals surface area contributed by atoms with E-state index < -0.39 is 0 Å². The van der Waals surface area contributed by atoms with Crippen LogP contribution in [0.25, 0.3) is 55.6 Å². The van der Waals surface area contributed by atoms with Gasteiger partial charge in [0.1, 0.15) is 0 Å². The highest BCUT2D eigenvalue weighted by Crippen LogP contribution is 2.61. The molecular weight excluding hydrogens is 1040 g/mol. The fourth-order valence-corrected chi connectivity index (χ4v) is 18.3. The van der Waals surface area contributed by atoms with Crippen molar-refractivity contribution in [2.75, 3.05) is 0 Å². The maximum atomic E-state index is 2.79. The van der Waals surface area contributed by atoms with Gasteiger partial charge in [-0.15, -0.1) is 0 Å². The molecule has 87 heavy (non-hydrogen) atoms. The monoisotopic (exact) mass is 1170 g/mol. The molecule has 6 atom stereocenters. The second kappa shape index (κ2) is 31.4. The Morgan fingerprint density at radius 1 is 0.230 bits per heavy atom. The fraction of sp³-hybridized carbons (Fsp3) is 0.586.